The zero-order chi connectivity index (χ0) is 21.9. The summed E-state index contributed by atoms with van der Waals surface area (Å²) in [6.07, 6.45) is 0.474. The molecule has 3 rings (SSSR count). The van der Waals surface area contributed by atoms with Crippen molar-refractivity contribution in [2.45, 2.75) is 42.1 Å². The lowest BCUT2D eigenvalue weighted by Gasteiger charge is -2.20. The van der Waals surface area contributed by atoms with Crippen LogP contribution in [0.25, 0.3) is 0 Å². The molecule has 0 N–H and O–H groups in total. The third-order valence-corrected chi connectivity index (χ3v) is 9.79. The molecule has 1 unspecified atom stereocenters. The van der Waals surface area contributed by atoms with E-state index in [-0.39, 0.29) is 29.5 Å². The Bertz CT molecular complexity index is 1090. The van der Waals surface area contributed by atoms with Crippen LogP contribution < -0.4 is 0 Å². The fraction of sp³-hybridized carbons (Fsp3) is 0.409. The molecule has 1 atom stereocenters. The molecule has 1 heterocycles. The number of sulfone groups is 2. The third-order valence-electron chi connectivity index (χ3n) is 5.49. The Labute approximate surface area is 178 Å². The van der Waals surface area contributed by atoms with Gasteiger partial charge in [-0.15, -0.1) is 0 Å². The van der Waals surface area contributed by atoms with Crippen LogP contribution in [0.15, 0.2) is 59.5 Å². The Balaban J connectivity index is 1.69. The predicted octanol–water partition coefficient (Wildman–Crippen LogP) is 2.80. The molecule has 2 aromatic carbocycles. The lowest BCUT2D eigenvalue weighted by Crippen LogP contribution is -2.34. The number of carbonyl (C=O) groups excluding carboxylic acids is 1. The Kier molecular flexibility index (Phi) is 6.67. The van der Waals surface area contributed by atoms with E-state index in [1.165, 1.54) is 12.1 Å². The van der Waals surface area contributed by atoms with E-state index in [1.54, 1.807) is 30.9 Å². The van der Waals surface area contributed by atoms with Gasteiger partial charge in [0.05, 0.1) is 27.6 Å². The molecule has 0 radical (unpaired) electrons. The van der Waals surface area contributed by atoms with E-state index in [0.29, 0.717) is 18.5 Å². The maximum atomic E-state index is 12.8. The smallest absolute Gasteiger partial charge is 0.227 e. The molecule has 0 spiro atoms. The minimum atomic E-state index is -3.35. The van der Waals surface area contributed by atoms with E-state index in [1.807, 2.05) is 30.3 Å². The summed E-state index contributed by atoms with van der Waals surface area (Å²) in [4.78, 5) is 14.6. The molecule has 30 heavy (non-hydrogen) atoms. The molecule has 1 amide bonds. The highest BCUT2D eigenvalue weighted by molar-refractivity contribution is 7.92. The number of hydrogen-bond donors (Lipinski definition) is 0. The van der Waals surface area contributed by atoms with Gasteiger partial charge in [-0.05, 0) is 43.5 Å². The molecular formula is C22H27NO5S2. The van der Waals surface area contributed by atoms with Crippen molar-refractivity contribution in [3.8, 4) is 0 Å². The summed E-state index contributed by atoms with van der Waals surface area (Å²) in [7, 11) is -6.70. The van der Waals surface area contributed by atoms with E-state index >= 15 is 0 Å². The van der Waals surface area contributed by atoms with Crippen molar-refractivity contribution in [2.24, 2.45) is 0 Å². The topological polar surface area (TPSA) is 88.6 Å². The van der Waals surface area contributed by atoms with Crippen LogP contribution in [0, 0.1) is 0 Å². The number of benzene rings is 2. The van der Waals surface area contributed by atoms with E-state index in [4.69, 9.17) is 0 Å². The molecule has 6 nitrogen and oxygen atoms in total. The van der Waals surface area contributed by atoms with Crippen LogP contribution in [-0.2, 0) is 30.9 Å². The summed E-state index contributed by atoms with van der Waals surface area (Å²) in [6, 6.07) is 15.5. The average molecular weight is 450 g/mol. The summed E-state index contributed by atoms with van der Waals surface area (Å²) >= 11 is 0. The van der Waals surface area contributed by atoms with Gasteiger partial charge in [0, 0.05) is 13.1 Å². The third kappa shape index (κ3) is 4.92. The van der Waals surface area contributed by atoms with Crippen LogP contribution in [0.3, 0.4) is 0 Å². The zero-order valence-electron chi connectivity index (χ0n) is 17.2. The molecule has 0 bridgehead atoms. The Morgan fingerprint density at radius 1 is 1.03 bits per heavy atom. The maximum absolute atomic E-state index is 12.8. The van der Waals surface area contributed by atoms with Crippen LogP contribution in [0.1, 0.15) is 36.6 Å². The van der Waals surface area contributed by atoms with E-state index in [2.05, 4.69) is 0 Å². The second-order valence-electron chi connectivity index (χ2n) is 7.85. The average Bonchev–Trinajstić information content (AvgIpc) is 2.87. The first-order chi connectivity index (χ1) is 14.1. The Morgan fingerprint density at radius 3 is 2.27 bits per heavy atom. The van der Waals surface area contributed by atoms with Gasteiger partial charge in [-0.2, -0.15) is 0 Å². The summed E-state index contributed by atoms with van der Waals surface area (Å²) in [5, 5.41) is -1.11. The van der Waals surface area contributed by atoms with Gasteiger partial charge in [0.25, 0.3) is 0 Å². The summed E-state index contributed by atoms with van der Waals surface area (Å²) < 4.78 is 49.9. The minimum Gasteiger partial charge on any atom is -0.341 e. The minimum absolute atomic E-state index is 0.0656. The van der Waals surface area contributed by atoms with E-state index in [0.717, 1.165) is 5.56 Å². The van der Waals surface area contributed by atoms with Crippen molar-refractivity contribution < 1.29 is 21.6 Å². The van der Waals surface area contributed by atoms with Gasteiger partial charge >= 0.3 is 0 Å². The molecule has 162 valence electrons. The maximum Gasteiger partial charge on any atom is 0.227 e. The highest BCUT2D eigenvalue weighted by atomic mass is 32.2. The van der Waals surface area contributed by atoms with Gasteiger partial charge in [-0.3, -0.25) is 4.79 Å². The summed E-state index contributed by atoms with van der Waals surface area (Å²) in [5.41, 5.74) is 1.46. The number of amides is 1. The fourth-order valence-corrected chi connectivity index (χ4v) is 6.45. The normalized spacial score (nSPS) is 19.4. The van der Waals surface area contributed by atoms with Crippen LogP contribution in [0.5, 0.6) is 0 Å². The van der Waals surface area contributed by atoms with Crippen LogP contribution in [0.2, 0.25) is 0 Å². The number of nitrogens with zero attached hydrogens (tertiary/aromatic N) is 1. The first kappa shape index (κ1) is 22.5. The lowest BCUT2D eigenvalue weighted by molar-refractivity contribution is -0.130. The molecule has 1 fully saturated rings. The van der Waals surface area contributed by atoms with Gasteiger partial charge in [0.15, 0.2) is 19.7 Å². The standard InChI is InChI=1S/C22H27NO5S2/c1-17(2)30(27,28)20-10-8-18(9-11-20)16-22(24)23-13-12-21(29(25,26)15-14-23)19-6-4-3-5-7-19/h3-11,17,21H,12-16H2,1-2H3. The predicted molar refractivity (Wildman–Crippen MR) is 117 cm³/mol. The number of rotatable bonds is 5. The zero-order valence-corrected chi connectivity index (χ0v) is 18.8. The molecule has 1 saturated heterocycles. The molecule has 8 heteroatoms. The van der Waals surface area contributed by atoms with Crippen molar-refractivity contribution in [1.29, 1.82) is 0 Å². The molecular weight excluding hydrogens is 422 g/mol. The molecule has 1 aliphatic rings. The van der Waals surface area contributed by atoms with Gasteiger partial charge in [0.2, 0.25) is 5.91 Å². The molecule has 0 aliphatic carbocycles. The first-order valence-corrected chi connectivity index (χ1v) is 13.2. The second kappa shape index (κ2) is 8.89. The number of carbonyl (C=O) groups is 1. The molecule has 0 aromatic heterocycles. The molecule has 2 aromatic rings. The van der Waals surface area contributed by atoms with Crippen molar-refractivity contribution in [3.05, 3.63) is 65.7 Å². The monoisotopic (exact) mass is 449 g/mol. The van der Waals surface area contributed by atoms with Crippen molar-refractivity contribution >= 4 is 25.6 Å². The SMILES string of the molecule is CC(C)S(=O)(=O)c1ccc(CC(=O)N2CCC(c3ccccc3)S(=O)(=O)CC2)cc1. The largest absolute Gasteiger partial charge is 0.341 e. The van der Waals surface area contributed by atoms with Gasteiger partial charge < -0.3 is 4.90 Å². The first-order valence-electron chi connectivity index (χ1n) is 9.98. The van der Waals surface area contributed by atoms with Crippen LogP contribution in [0.4, 0.5) is 0 Å². The van der Waals surface area contributed by atoms with Gasteiger partial charge in [0.1, 0.15) is 0 Å². The highest BCUT2D eigenvalue weighted by Crippen LogP contribution is 2.29. The van der Waals surface area contributed by atoms with Crippen LogP contribution in [-0.4, -0.2) is 51.7 Å². The highest BCUT2D eigenvalue weighted by Gasteiger charge is 2.32. The summed E-state index contributed by atoms with van der Waals surface area (Å²) in [6.45, 7) is 3.80. The van der Waals surface area contributed by atoms with Crippen LogP contribution >= 0.6 is 0 Å². The Morgan fingerprint density at radius 2 is 1.67 bits per heavy atom. The number of hydrogen-bond acceptors (Lipinski definition) is 5. The molecule has 0 saturated carbocycles. The van der Waals surface area contributed by atoms with E-state index < -0.39 is 30.2 Å². The fourth-order valence-electron chi connectivity index (χ4n) is 3.59. The van der Waals surface area contributed by atoms with Crippen molar-refractivity contribution in [1.82, 2.24) is 4.90 Å². The quantitative estimate of drug-likeness (QED) is 0.700. The van der Waals surface area contributed by atoms with Crippen molar-refractivity contribution in [2.75, 3.05) is 18.8 Å². The summed E-state index contributed by atoms with van der Waals surface area (Å²) in [5.74, 6) is -0.220. The van der Waals surface area contributed by atoms with E-state index in [9.17, 15) is 21.6 Å². The van der Waals surface area contributed by atoms with Gasteiger partial charge in [-0.1, -0.05) is 42.5 Å². The lowest BCUT2D eigenvalue weighted by atomic mass is 10.1. The van der Waals surface area contributed by atoms with Gasteiger partial charge in [-0.25, -0.2) is 16.8 Å². The second-order valence-corrected chi connectivity index (χ2v) is 12.7. The molecule has 1 aliphatic heterocycles. The Hall–Kier alpha value is -2.19. The van der Waals surface area contributed by atoms with Crippen molar-refractivity contribution in [3.63, 3.8) is 0 Å².